The third-order valence-electron chi connectivity index (χ3n) is 3.12. The molecule has 0 aliphatic carbocycles. The van der Waals surface area contributed by atoms with E-state index in [2.05, 4.69) is 53.0 Å². The SMILES string of the molecule is CCc1c(Cl)ncnc1N(CC)Cc1ccccc1. The van der Waals surface area contributed by atoms with Crippen molar-refractivity contribution in [3.63, 3.8) is 0 Å². The van der Waals surface area contributed by atoms with Gasteiger partial charge in [0.25, 0.3) is 0 Å². The predicted octanol–water partition coefficient (Wildman–Crippen LogP) is 3.72. The fourth-order valence-electron chi connectivity index (χ4n) is 2.10. The lowest BCUT2D eigenvalue weighted by Crippen LogP contribution is -2.24. The number of nitrogens with zero attached hydrogens (tertiary/aromatic N) is 3. The second kappa shape index (κ2) is 6.53. The van der Waals surface area contributed by atoms with Crippen molar-refractivity contribution in [1.82, 2.24) is 9.97 Å². The maximum Gasteiger partial charge on any atom is 0.137 e. The number of benzene rings is 1. The fourth-order valence-corrected chi connectivity index (χ4v) is 2.36. The lowest BCUT2D eigenvalue weighted by Gasteiger charge is -2.24. The first-order valence-electron chi connectivity index (χ1n) is 6.54. The fraction of sp³-hybridized carbons (Fsp3) is 0.333. The number of anilines is 1. The van der Waals surface area contributed by atoms with Crippen molar-refractivity contribution in [3.8, 4) is 0 Å². The minimum absolute atomic E-state index is 0.555. The van der Waals surface area contributed by atoms with E-state index in [1.807, 2.05) is 6.07 Å². The monoisotopic (exact) mass is 275 g/mol. The van der Waals surface area contributed by atoms with Crippen molar-refractivity contribution in [2.45, 2.75) is 26.8 Å². The molecule has 0 bridgehead atoms. The van der Waals surface area contributed by atoms with E-state index < -0.39 is 0 Å². The van der Waals surface area contributed by atoms with Crippen LogP contribution in [0.2, 0.25) is 5.15 Å². The zero-order chi connectivity index (χ0) is 13.7. The van der Waals surface area contributed by atoms with Crippen molar-refractivity contribution in [3.05, 3.63) is 52.9 Å². The molecule has 0 amide bonds. The number of hydrogen-bond donors (Lipinski definition) is 0. The Balaban J connectivity index is 2.30. The average molecular weight is 276 g/mol. The number of aromatic nitrogens is 2. The molecule has 4 heteroatoms. The van der Waals surface area contributed by atoms with Crippen LogP contribution in [0, 0.1) is 0 Å². The summed E-state index contributed by atoms with van der Waals surface area (Å²) >= 11 is 6.16. The summed E-state index contributed by atoms with van der Waals surface area (Å²) in [4.78, 5) is 10.7. The van der Waals surface area contributed by atoms with Crippen LogP contribution in [-0.4, -0.2) is 16.5 Å². The van der Waals surface area contributed by atoms with Gasteiger partial charge < -0.3 is 4.90 Å². The minimum Gasteiger partial charge on any atom is -0.352 e. The molecule has 1 heterocycles. The summed E-state index contributed by atoms with van der Waals surface area (Å²) in [5.41, 5.74) is 2.28. The second-order valence-corrected chi connectivity index (χ2v) is 4.68. The van der Waals surface area contributed by atoms with Gasteiger partial charge in [0.05, 0.1) is 0 Å². The molecular weight excluding hydrogens is 258 g/mol. The normalized spacial score (nSPS) is 10.5. The van der Waals surface area contributed by atoms with Crippen LogP contribution in [0.25, 0.3) is 0 Å². The Morgan fingerprint density at radius 3 is 2.47 bits per heavy atom. The minimum atomic E-state index is 0.555. The standard InChI is InChI=1S/C15H18ClN3/c1-3-13-14(16)17-11-18-15(13)19(4-2)10-12-8-6-5-7-9-12/h5-9,11H,3-4,10H2,1-2H3. The molecule has 1 aromatic carbocycles. The summed E-state index contributed by atoms with van der Waals surface area (Å²) in [6.45, 7) is 5.91. The number of halogens is 1. The molecule has 0 radical (unpaired) electrons. The van der Waals surface area contributed by atoms with Gasteiger partial charge in [-0.2, -0.15) is 0 Å². The first-order valence-corrected chi connectivity index (χ1v) is 6.92. The summed E-state index contributed by atoms with van der Waals surface area (Å²) in [6.07, 6.45) is 2.37. The molecular formula is C15H18ClN3. The quantitative estimate of drug-likeness (QED) is 0.779. The van der Waals surface area contributed by atoms with Crippen LogP contribution in [0.1, 0.15) is 25.0 Å². The van der Waals surface area contributed by atoms with E-state index in [1.165, 1.54) is 11.9 Å². The van der Waals surface area contributed by atoms with Gasteiger partial charge in [0.1, 0.15) is 17.3 Å². The summed E-state index contributed by atoms with van der Waals surface area (Å²) in [5.74, 6) is 0.939. The van der Waals surface area contributed by atoms with Crippen LogP contribution in [0.5, 0.6) is 0 Å². The van der Waals surface area contributed by atoms with Crippen LogP contribution in [0.3, 0.4) is 0 Å². The van der Waals surface area contributed by atoms with Crippen LogP contribution in [0.4, 0.5) is 5.82 Å². The first-order chi connectivity index (χ1) is 9.26. The maximum absolute atomic E-state index is 6.16. The van der Waals surface area contributed by atoms with Gasteiger partial charge in [0.15, 0.2) is 0 Å². The smallest absolute Gasteiger partial charge is 0.137 e. The Kier molecular flexibility index (Phi) is 4.74. The summed E-state index contributed by atoms with van der Waals surface area (Å²) in [5, 5.41) is 0.555. The molecule has 1 aromatic heterocycles. The van der Waals surface area contributed by atoms with Gasteiger partial charge in [-0.15, -0.1) is 0 Å². The molecule has 0 spiro atoms. The van der Waals surface area contributed by atoms with E-state index in [0.29, 0.717) is 5.15 Å². The maximum atomic E-state index is 6.16. The largest absolute Gasteiger partial charge is 0.352 e. The molecule has 19 heavy (non-hydrogen) atoms. The van der Waals surface area contributed by atoms with Crippen LogP contribution in [0.15, 0.2) is 36.7 Å². The molecule has 0 saturated heterocycles. The lowest BCUT2D eigenvalue weighted by molar-refractivity contribution is 0.798. The highest BCUT2D eigenvalue weighted by Gasteiger charge is 2.14. The highest BCUT2D eigenvalue weighted by molar-refractivity contribution is 6.30. The molecule has 0 saturated carbocycles. The lowest BCUT2D eigenvalue weighted by atomic mass is 10.2. The van der Waals surface area contributed by atoms with Crippen molar-refractivity contribution in [2.75, 3.05) is 11.4 Å². The average Bonchev–Trinajstić information content (AvgIpc) is 2.45. The van der Waals surface area contributed by atoms with Gasteiger partial charge in [0, 0.05) is 18.7 Å². The highest BCUT2D eigenvalue weighted by Crippen LogP contribution is 2.24. The third kappa shape index (κ3) is 3.24. The van der Waals surface area contributed by atoms with E-state index >= 15 is 0 Å². The van der Waals surface area contributed by atoms with Crippen molar-refractivity contribution in [1.29, 1.82) is 0 Å². The van der Waals surface area contributed by atoms with Crippen molar-refractivity contribution in [2.24, 2.45) is 0 Å². The number of rotatable bonds is 5. The van der Waals surface area contributed by atoms with E-state index in [4.69, 9.17) is 11.6 Å². The predicted molar refractivity (Wildman–Crippen MR) is 79.6 cm³/mol. The first kappa shape index (κ1) is 13.8. The Labute approximate surface area is 119 Å². The Bertz CT molecular complexity index is 528. The Morgan fingerprint density at radius 1 is 1.11 bits per heavy atom. The van der Waals surface area contributed by atoms with E-state index in [-0.39, 0.29) is 0 Å². The molecule has 2 rings (SSSR count). The van der Waals surface area contributed by atoms with Gasteiger partial charge in [-0.25, -0.2) is 9.97 Å². The van der Waals surface area contributed by atoms with Gasteiger partial charge in [-0.3, -0.25) is 0 Å². The molecule has 100 valence electrons. The van der Waals surface area contributed by atoms with Gasteiger partial charge in [-0.05, 0) is 18.9 Å². The highest BCUT2D eigenvalue weighted by atomic mass is 35.5. The van der Waals surface area contributed by atoms with Gasteiger partial charge in [-0.1, -0.05) is 48.9 Å². The Morgan fingerprint density at radius 2 is 1.84 bits per heavy atom. The molecule has 2 aromatic rings. The molecule has 3 nitrogen and oxygen atoms in total. The van der Waals surface area contributed by atoms with Crippen LogP contribution in [-0.2, 0) is 13.0 Å². The molecule has 0 N–H and O–H groups in total. The molecule has 0 fully saturated rings. The molecule has 0 atom stereocenters. The van der Waals surface area contributed by atoms with E-state index in [0.717, 1.165) is 30.9 Å². The number of hydrogen-bond acceptors (Lipinski definition) is 3. The van der Waals surface area contributed by atoms with Crippen LogP contribution >= 0.6 is 11.6 Å². The molecule has 0 aliphatic heterocycles. The third-order valence-corrected chi connectivity index (χ3v) is 3.45. The molecule has 0 unspecified atom stereocenters. The zero-order valence-electron chi connectivity index (χ0n) is 11.3. The van der Waals surface area contributed by atoms with Gasteiger partial charge >= 0.3 is 0 Å². The summed E-state index contributed by atoms with van der Waals surface area (Å²) < 4.78 is 0. The van der Waals surface area contributed by atoms with E-state index in [9.17, 15) is 0 Å². The second-order valence-electron chi connectivity index (χ2n) is 4.32. The zero-order valence-corrected chi connectivity index (χ0v) is 12.1. The van der Waals surface area contributed by atoms with Gasteiger partial charge in [0.2, 0.25) is 0 Å². The van der Waals surface area contributed by atoms with Crippen molar-refractivity contribution >= 4 is 17.4 Å². The topological polar surface area (TPSA) is 29.0 Å². The van der Waals surface area contributed by atoms with Crippen molar-refractivity contribution < 1.29 is 0 Å². The summed E-state index contributed by atoms with van der Waals surface area (Å²) in [7, 11) is 0. The summed E-state index contributed by atoms with van der Waals surface area (Å²) in [6, 6.07) is 10.4. The Hall–Kier alpha value is -1.61. The van der Waals surface area contributed by atoms with Crippen LogP contribution < -0.4 is 4.90 Å². The van der Waals surface area contributed by atoms with E-state index in [1.54, 1.807) is 0 Å². The molecule has 0 aliphatic rings.